The highest BCUT2D eigenvalue weighted by molar-refractivity contribution is 6.00. The molecule has 2 aliphatic heterocycles. The number of fused-ring (bicyclic) bond motifs is 2. The van der Waals surface area contributed by atoms with Crippen LogP contribution in [0, 0.1) is 10.8 Å². The van der Waals surface area contributed by atoms with Gasteiger partial charge in [-0.15, -0.1) is 0 Å². The second-order valence-corrected chi connectivity index (χ2v) is 11.6. The fraction of sp³-hybridized carbons (Fsp3) is 0.484. The maximum atomic E-state index is 13.9. The average Bonchev–Trinajstić information content (AvgIpc) is 3.34. The van der Waals surface area contributed by atoms with Crippen LogP contribution in [-0.4, -0.2) is 61.1 Å². The minimum Gasteiger partial charge on any atom is -0.493 e. The summed E-state index contributed by atoms with van der Waals surface area (Å²) in [5.41, 5.74) is -0.667. The van der Waals surface area contributed by atoms with Crippen molar-refractivity contribution in [1.29, 1.82) is 0 Å². The molecule has 5 rings (SSSR count). The molecule has 3 aliphatic rings. The van der Waals surface area contributed by atoms with Gasteiger partial charge in [0.1, 0.15) is 6.10 Å². The second-order valence-electron chi connectivity index (χ2n) is 11.6. The number of carbonyl (C=O) groups excluding carboxylic acids is 4. The lowest BCUT2D eigenvalue weighted by molar-refractivity contribution is -0.162. The van der Waals surface area contributed by atoms with Gasteiger partial charge in [-0.3, -0.25) is 14.4 Å². The number of hydrogen-bond acceptors (Lipinski definition) is 8. The SMILES string of the molecule is CCOC(=O)[C@@]12CC[C@@H](OC(=O)c3ccccc3)[C@H]3c4c(ccc(OC)c4OC(=O)C(C)(C)C)C(=O)N(CC1)[C@H]32. The van der Waals surface area contributed by atoms with Crippen molar-refractivity contribution in [1.82, 2.24) is 4.90 Å². The van der Waals surface area contributed by atoms with E-state index in [4.69, 9.17) is 18.9 Å². The van der Waals surface area contributed by atoms with Gasteiger partial charge < -0.3 is 23.8 Å². The summed E-state index contributed by atoms with van der Waals surface area (Å²) in [4.78, 5) is 55.6. The third kappa shape index (κ3) is 4.41. The summed E-state index contributed by atoms with van der Waals surface area (Å²) >= 11 is 0. The predicted octanol–water partition coefficient (Wildman–Crippen LogP) is 4.53. The van der Waals surface area contributed by atoms with Gasteiger partial charge in [-0.2, -0.15) is 0 Å². The lowest BCUT2D eigenvalue weighted by Gasteiger charge is -2.50. The van der Waals surface area contributed by atoms with Crippen LogP contribution in [0.1, 0.15) is 79.2 Å². The summed E-state index contributed by atoms with van der Waals surface area (Å²) in [6.07, 6.45) is 0.483. The van der Waals surface area contributed by atoms with Crippen molar-refractivity contribution in [3.8, 4) is 11.5 Å². The molecule has 2 aromatic carbocycles. The summed E-state index contributed by atoms with van der Waals surface area (Å²) in [6, 6.07) is 11.3. The minimum absolute atomic E-state index is 0.116. The van der Waals surface area contributed by atoms with Gasteiger partial charge in [0, 0.05) is 23.6 Å². The largest absolute Gasteiger partial charge is 0.493 e. The summed E-state index contributed by atoms with van der Waals surface area (Å²) < 4.78 is 23.3. The molecule has 2 aromatic rings. The van der Waals surface area contributed by atoms with Crippen LogP contribution in [0.3, 0.4) is 0 Å². The molecule has 0 aromatic heterocycles. The number of ether oxygens (including phenoxy) is 4. The van der Waals surface area contributed by atoms with Gasteiger partial charge in [-0.25, -0.2) is 4.79 Å². The summed E-state index contributed by atoms with van der Waals surface area (Å²) in [5.74, 6) is -1.92. The summed E-state index contributed by atoms with van der Waals surface area (Å²) in [7, 11) is 1.46. The number of rotatable bonds is 6. The van der Waals surface area contributed by atoms with Gasteiger partial charge in [-0.05, 0) is 71.2 Å². The van der Waals surface area contributed by atoms with Crippen LogP contribution in [-0.2, 0) is 19.1 Å². The van der Waals surface area contributed by atoms with E-state index in [0.717, 1.165) is 0 Å². The first kappa shape index (κ1) is 27.7. The molecule has 1 saturated heterocycles. The molecule has 2 heterocycles. The zero-order chi connectivity index (χ0) is 28.8. The number of benzene rings is 2. The first-order valence-corrected chi connectivity index (χ1v) is 13.7. The van der Waals surface area contributed by atoms with Crippen LogP contribution in [0.15, 0.2) is 42.5 Å². The maximum Gasteiger partial charge on any atom is 0.338 e. The predicted molar refractivity (Wildman–Crippen MR) is 144 cm³/mol. The Bertz CT molecular complexity index is 1350. The lowest BCUT2D eigenvalue weighted by atomic mass is 9.61. The Hall–Kier alpha value is -3.88. The molecule has 0 spiro atoms. The standard InChI is InChI=1S/C31H35NO8/c1-6-38-29(36)31-15-14-20(39-27(34)18-10-8-7-9-11-18)23-22-19(26(33)32(17-16-31)25(23)31)12-13-21(37-5)24(22)40-28(35)30(2,3)4/h7-13,20,23,25H,6,14-17H2,1-5H3/t20-,23+,25-,31+/m1/s1. The summed E-state index contributed by atoms with van der Waals surface area (Å²) in [6.45, 7) is 7.52. The zero-order valence-corrected chi connectivity index (χ0v) is 23.5. The highest BCUT2D eigenvalue weighted by Crippen LogP contribution is 2.59. The first-order chi connectivity index (χ1) is 19.0. The topological polar surface area (TPSA) is 108 Å². The first-order valence-electron chi connectivity index (χ1n) is 13.7. The molecule has 4 atom stereocenters. The van der Waals surface area contributed by atoms with Crippen LogP contribution in [0.5, 0.6) is 11.5 Å². The quantitative estimate of drug-likeness (QED) is 0.382. The molecular formula is C31H35NO8. The number of hydrogen-bond donors (Lipinski definition) is 0. The zero-order valence-electron chi connectivity index (χ0n) is 23.5. The van der Waals surface area contributed by atoms with Gasteiger partial charge in [0.05, 0.1) is 36.2 Å². The van der Waals surface area contributed by atoms with Gasteiger partial charge in [0.15, 0.2) is 11.5 Å². The normalized spacial score (nSPS) is 25.0. The Morgan fingerprint density at radius 2 is 1.77 bits per heavy atom. The molecule has 9 heteroatoms. The number of nitrogens with zero attached hydrogens (tertiary/aromatic N) is 1. The molecule has 40 heavy (non-hydrogen) atoms. The van der Waals surface area contributed by atoms with E-state index in [-0.39, 0.29) is 30.0 Å². The molecule has 212 valence electrons. The molecule has 1 amide bonds. The van der Waals surface area contributed by atoms with Gasteiger partial charge in [-0.1, -0.05) is 18.2 Å². The highest BCUT2D eigenvalue weighted by atomic mass is 16.6. The van der Waals surface area contributed by atoms with E-state index >= 15 is 0 Å². The lowest BCUT2D eigenvalue weighted by Crippen LogP contribution is -2.59. The third-order valence-corrected chi connectivity index (χ3v) is 8.28. The van der Waals surface area contributed by atoms with E-state index in [9.17, 15) is 19.2 Å². The van der Waals surface area contributed by atoms with Crippen LogP contribution in [0.2, 0.25) is 0 Å². The van der Waals surface area contributed by atoms with Crippen LogP contribution in [0.25, 0.3) is 0 Å². The monoisotopic (exact) mass is 549 g/mol. The molecule has 0 radical (unpaired) electrons. The third-order valence-electron chi connectivity index (χ3n) is 8.28. The fourth-order valence-corrected chi connectivity index (χ4v) is 6.35. The molecule has 2 fully saturated rings. The maximum absolute atomic E-state index is 13.9. The Labute approximate surface area is 233 Å². The van der Waals surface area contributed by atoms with Crippen molar-refractivity contribution in [2.45, 2.75) is 65.0 Å². The van der Waals surface area contributed by atoms with E-state index in [1.807, 2.05) is 6.07 Å². The van der Waals surface area contributed by atoms with E-state index < -0.39 is 40.8 Å². The number of esters is 3. The molecular weight excluding hydrogens is 514 g/mol. The van der Waals surface area contributed by atoms with Crippen LogP contribution < -0.4 is 9.47 Å². The van der Waals surface area contributed by atoms with Gasteiger partial charge in [0.2, 0.25) is 0 Å². The fourth-order valence-electron chi connectivity index (χ4n) is 6.35. The molecule has 0 bridgehead atoms. The van der Waals surface area contributed by atoms with Crippen molar-refractivity contribution in [2.24, 2.45) is 10.8 Å². The van der Waals surface area contributed by atoms with E-state index in [0.29, 0.717) is 42.5 Å². The number of methoxy groups -OCH3 is 1. The second kappa shape index (κ2) is 10.3. The van der Waals surface area contributed by atoms with E-state index in [1.165, 1.54) is 7.11 Å². The average molecular weight is 550 g/mol. The smallest absolute Gasteiger partial charge is 0.338 e. The minimum atomic E-state index is -0.974. The molecule has 0 unspecified atom stereocenters. The Morgan fingerprint density at radius 1 is 1.05 bits per heavy atom. The van der Waals surface area contributed by atoms with Gasteiger partial charge >= 0.3 is 17.9 Å². The van der Waals surface area contributed by atoms with Crippen molar-refractivity contribution >= 4 is 23.8 Å². The number of amides is 1. The van der Waals surface area contributed by atoms with E-state index in [1.54, 1.807) is 69.0 Å². The highest BCUT2D eigenvalue weighted by Gasteiger charge is 2.65. The molecule has 1 saturated carbocycles. The van der Waals surface area contributed by atoms with Crippen molar-refractivity contribution in [2.75, 3.05) is 20.3 Å². The molecule has 0 N–H and O–H groups in total. The van der Waals surface area contributed by atoms with E-state index in [2.05, 4.69) is 0 Å². The Morgan fingerprint density at radius 3 is 2.42 bits per heavy atom. The molecule has 9 nitrogen and oxygen atoms in total. The van der Waals surface area contributed by atoms with Crippen molar-refractivity contribution < 1.29 is 38.1 Å². The molecule has 1 aliphatic carbocycles. The number of carbonyl (C=O) groups is 4. The Balaban J connectivity index is 1.69. The van der Waals surface area contributed by atoms with Gasteiger partial charge in [0.25, 0.3) is 5.91 Å². The Kier molecular flexibility index (Phi) is 7.10. The van der Waals surface area contributed by atoms with Crippen molar-refractivity contribution in [3.05, 3.63) is 59.2 Å². The summed E-state index contributed by atoms with van der Waals surface area (Å²) in [5, 5.41) is 0. The van der Waals surface area contributed by atoms with Crippen LogP contribution in [0.4, 0.5) is 0 Å². The van der Waals surface area contributed by atoms with Crippen molar-refractivity contribution in [3.63, 3.8) is 0 Å². The van der Waals surface area contributed by atoms with Crippen LogP contribution >= 0.6 is 0 Å².